The third kappa shape index (κ3) is 1.74. The van der Waals surface area contributed by atoms with Crippen LogP contribution in [0.4, 0.5) is 0 Å². The van der Waals surface area contributed by atoms with E-state index in [1.807, 2.05) is 0 Å². The van der Waals surface area contributed by atoms with Crippen molar-refractivity contribution in [1.29, 1.82) is 0 Å². The van der Waals surface area contributed by atoms with E-state index < -0.39 is 0 Å². The molecule has 1 aromatic rings. The first kappa shape index (κ1) is 13.8. The molecule has 1 saturated heterocycles. The predicted octanol–water partition coefficient (Wildman–Crippen LogP) is 3.31. The molecule has 0 radical (unpaired) electrons. The van der Waals surface area contributed by atoms with Crippen molar-refractivity contribution in [3.63, 3.8) is 0 Å². The van der Waals surface area contributed by atoms with E-state index in [-0.39, 0.29) is 29.2 Å². The molecule has 2 aliphatic carbocycles. The first-order chi connectivity index (χ1) is 9.56. The minimum absolute atomic E-state index is 0.0779. The molecule has 2 nitrogen and oxygen atoms in total. The number of benzene rings is 1. The van der Waals surface area contributed by atoms with Gasteiger partial charge in [-0.1, -0.05) is 45.9 Å². The molecule has 1 saturated carbocycles. The lowest BCUT2D eigenvalue weighted by atomic mass is 9.75. The van der Waals surface area contributed by atoms with E-state index >= 15 is 0 Å². The van der Waals surface area contributed by atoms with E-state index in [2.05, 4.69) is 59.7 Å². The Morgan fingerprint density at radius 2 is 1.38 bits per heavy atom. The second-order valence-electron chi connectivity index (χ2n) is 8.96. The third-order valence-electron chi connectivity index (χ3n) is 6.06. The third-order valence-corrected chi connectivity index (χ3v) is 6.06. The molecule has 0 amide bonds. The van der Waals surface area contributed by atoms with Crippen molar-refractivity contribution in [3.05, 3.63) is 29.3 Å². The average Bonchev–Trinajstić information content (AvgIpc) is 2.66. The maximum atomic E-state index is 6.17. The van der Waals surface area contributed by atoms with Crippen molar-refractivity contribution < 1.29 is 9.31 Å². The van der Waals surface area contributed by atoms with Crippen LogP contribution in [0.1, 0.15) is 65.5 Å². The van der Waals surface area contributed by atoms with Gasteiger partial charge < -0.3 is 9.31 Å². The summed E-state index contributed by atoms with van der Waals surface area (Å²) in [7, 11) is -0.196. The summed E-state index contributed by atoms with van der Waals surface area (Å²) in [4.78, 5) is 0. The van der Waals surface area contributed by atoms with Crippen LogP contribution in [0.5, 0.6) is 0 Å². The molecule has 21 heavy (non-hydrogen) atoms. The quantitative estimate of drug-likeness (QED) is 0.737. The summed E-state index contributed by atoms with van der Waals surface area (Å²) >= 11 is 0. The minimum atomic E-state index is -0.196. The summed E-state index contributed by atoms with van der Waals surface area (Å²) in [5.74, 6) is 0. The fourth-order valence-electron chi connectivity index (χ4n) is 4.72. The Labute approximate surface area is 128 Å². The summed E-state index contributed by atoms with van der Waals surface area (Å²) < 4.78 is 12.3. The van der Waals surface area contributed by atoms with Gasteiger partial charge in [0.05, 0.1) is 11.2 Å². The minimum Gasteiger partial charge on any atom is -0.399 e. The molecule has 2 unspecified atom stereocenters. The Morgan fingerprint density at radius 1 is 0.810 bits per heavy atom. The van der Waals surface area contributed by atoms with Crippen LogP contribution in [0.2, 0.25) is 0 Å². The molecule has 1 heterocycles. The van der Waals surface area contributed by atoms with E-state index in [0.717, 1.165) is 6.42 Å². The normalized spacial score (nSPS) is 38.3. The largest absolute Gasteiger partial charge is 0.494 e. The van der Waals surface area contributed by atoms with Gasteiger partial charge in [-0.05, 0) is 47.7 Å². The second-order valence-corrected chi connectivity index (χ2v) is 8.96. The topological polar surface area (TPSA) is 18.5 Å². The van der Waals surface area contributed by atoms with Crippen molar-refractivity contribution in [2.24, 2.45) is 0 Å². The molecule has 0 N–H and O–H groups in total. The summed E-state index contributed by atoms with van der Waals surface area (Å²) in [6, 6.07) is 6.82. The predicted molar refractivity (Wildman–Crippen MR) is 86.1 cm³/mol. The van der Waals surface area contributed by atoms with Gasteiger partial charge in [0.2, 0.25) is 0 Å². The van der Waals surface area contributed by atoms with Crippen LogP contribution in [0.25, 0.3) is 0 Å². The van der Waals surface area contributed by atoms with Crippen molar-refractivity contribution in [2.75, 3.05) is 0 Å². The summed E-state index contributed by atoms with van der Waals surface area (Å²) in [5.41, 5.74) is 4.45. The van der Waals surface area contributed by atoms with E-state index in [1.54, 1.807) is 0 Å². The van der Waals surface area contributed by atoms with Crippen LogP contribution in [0.15, 0.2) is 18.2 Å². The molecule has 1 aliphatic heterocycles. The van der Waals surface area contributed by atoms with Crippen molar-refractivity contribution in [1.82, 2.24) is 0 Å². The monoisotopic (exact) mass is 284 g/mol. The van der Waals surface area contributed by atoms with Crippen molar-refractivity contribution in [2.45, 2.75) is 76.4 Å². The van der Waals surface area contributed by atoms with Gasteiger partial charge in [-0.15, -0.1) is 0 Å². The van der Waals surface area contributed by atoms with E-state index in [4.69, 9.17) is 9.31 Å². The van der Waals surface area contributed by atoms with Crippen LogP contribution in [0, 0.1) is 0 Å². The zero-order valence-corrected chi connectivity index (χ0v) is 14.0. The summed E-state index contributed by atoms with van der Waals surface area (Å²) in [6.45, 7) is 13.7. The summed E-state index contributed by atoms with van der Waals surface area (Å²) in [6.07, 6.45) is 2.21. The summed E-state index contributed by atoms with van der Waals surface area (Å²) in [5, 5.41) is 0. The van der Waals surface area contributed by atoms with Crippen molar-refractivity contribution >= 4 is 12.6 Å². The standard InChI is InChI=1S/C18H25BO2/c1-15(2)10-16(3,4)14-9-12(7-8-13(14)15)19-20-17(5)11-18(17,6)21-19/h7-9H,10-11H2,1-6H3. The molecule has 0 spiro atoms. The molecule has 2 fully saturated rings. The van der Waals surface area contributed by atoms with Crippen molar-refractivity contribution in [3.8, 4) is 0 Å². The zero-order chi connectivity index (χ0) is 15.3. The van der Waals surface area contributed by atoms with E-state index in [0.29, 0.717) is 0 Å². The molecular weight excluding hydrogens is 259 g/mol. The SMILES string of the molecule is CC1(C)CC(C)(C)c2cc(B3OC4(C)CC4(C)O3)ccc21. The van der Waals surface area contributed by atoms with E-state index in [1.165, 1.54) is 23.0 Å². The van der Waals surface area contributed by atoms with Gasteiger partial charge in [0.25, 0.3) is 0 Å². The highest BCUT2D eigenvalue weighted by atomic mass is 16.7. The maximum Gasteiger partial charge on any atom is 0.494 e. The smallest absolute Gasteiger partial charge is 0.399 e. The lowest BCUT2D eigenvalue weighted by Gasteiger charge is -2.22. The molecule has 1 aromatic carbocycles. The number of hydrogen-bond acceptors (Lipinski definition) is 2. The highest BCUT2D eigenvalue weighted by molar-refractivity contribution is 6.62. The van der Waals surface area contributed by atoms with Gasteiger partial charge in [-0.25, -0.2) is 0 Å². The Bertz CT molecular complexity index is 620. The Hall–Kier alpha value is -0.795. The van der Waals surface area contributed by atoms with Gasteiger partial charge >= 0.3 is 7.12 Å². The fraction of sp³-hybridized carbons (Fsp3) is 0.667. The van der Waals surface area contributed by atoms with Gasteiger partial charge in [-0.3, -0.25) is 0 Å². The molecule has 4 rings (SSSR count). The lowest BCUT2D eigenvalue weighted by molar-refractivity contribution is 0.187. The van der Waals surface area contributed by atoms with Crippen LogP contribution in [-0.4, -0.2) is 18.3 Å². The van der Waals surface area contributed by atoms with Crippen LogP contribution in [-0.2, 0) is 20.1 Å². The molecule has 112 valence electrons. The van der Waals surface area contributed by atoms with Gasteiger partial charge in [-0.2, -0.15) is 0 Å². The average molecular weight is 284 g/mol. The van der Waals surface area contributed by atoms with Crippen LogP contribution in [0.3, 0.4) is 0 Å². The fourth-order valence-corrected chi connectivity index (χ4v) is 4.72. The Kier molecular flexibility index (Phi) is 2.35. The number of fused-ring (bicyclic) bond motifs is 2. The van der Waals surface area contributed by atoms with Gasteiger partial charge in [0.15, 0.2) is 0 Å². The van der Waals surface area contributed by atoms with Gasteiger partial charge in [0.1, 0.15) is 0 Å². The highest BCUT2D eigenvalue weighted by Gasteiger charge is 2.71. The second kappa shape index (κ2) is 3.57. The van der Waals surface area contributed by atoms with Crippen LogP contribution >= 0.6 is 0 Å². The molecule has 0 aromatic heterocycles. The Balaban J connectivity index is 1.72. The van der Waals surface area contributed by atoms with Gasteiger partial charge in [0, 0.05) is 6.42 Å². The molecule has 3 aliphatic rings. The lowest BCUT2D eigenvalue weighted by Crippen LogP contribution is -2.36. The first-order valence-electron chi connectivity index (χ1n) is 8.07. The number of hydrogen-bond donors (Lipinski definition) is 0. The Morgan fingerprint density at radius 3 is 2.00 bits per heavy atom. The first-order valence-corrected chi connectivity index (χ1v) is 8.07. The number of rotatable bonds is 1. The maximum absolute atomic E-state index is 6.17. The zero-order valence-electron chi connectivity index (χ0n) is 14.0. The highest BCUT2D eigenvalue weighted by Crippen LogP contribution is 2.58. The van der Waals surface area contributed by atoms with Crippen LogP contribution < -0.4 is 5.46 Å². The molecule has 3 heteroatoms. The molecular formula is C18H25BO2. The van der Waals surface area contributed by atoms with E-state index in [9.17, 15) is 0 Å². The molecule has 0 bridgehead atoms. The molecule has 2 atom stereocenters.